The molecule has 0 bridgehead atoms. The van der Waals surface area contributed by atoms with E-state index in [0.717, 1.165) is 0 Å². The van der Waals surface area contributed by atoms with Gasteiger partial charge in [0.1, 0.15) is 0 Å². The maximum atomic E-state index is 6.12. The molecule has 0 saturated carbocycles. The Bertz CT molecular complexity index is 468. The highest BCUT2D eigenvalue weighted by Gasteiger charge is 2.08. The Hall–Kier alpha value is -0.100. The average Bonchev–Trinajstić information content (AvgIpc) is 2.18. The van der Waals surface area contributed by atoms with Crippen LogP contribution in [0.25, 0.3) is 10.8 Å². The van der Waals surface area contributed by atoms with E-state index in [-0.39, 0.29) is 0 Å². The van der Waals surface area contributed by atoms with Gasteiger partial charge in [0.25, 0.3) is 0 Å². The lowest BCUT2D eigenvalue weighted by Gasteiger charge is -2.08. The maximum Gasteiger partial charge on any atom is 0.0915 e. The normalized spacial score (nSPS) is 13.1. The fraction of sp³-hybridized carbons (Fsp3) is 0.0909. The van der Waals surface area contributed by atoms with Crippen LogP contribution in [0.5, 0.6) is 0 Å². The average molecular weight is 288 g/mol. The van der Waals surface area contributed by atoms with E-state index in [2.05, 4.69) is 52.7 Å². The summed E-state index contributed by atoms with van der Waals surface area (Å²) in [4.78, 5) is 0. The molecule has 72 valence electrons. The molecular formula is C11H9BrClP. The van der Waals surface area contributed by atoms with Gasteiger partial charge in [-0.25, -0.2) is 0 Å². The summed E-state index contributed by atoms with van der Waals surface area (Å²) in [6.07, 6.45) is 0. The minimum Gasteiger partial charge on any atom is -0.0781 e. The van der Waals surface area contributed by atoms with Crippen molar-refractivity contribution in [2.24, 2.45) is 0 Å². The van der Waals surface area contributed by atoms with Gasteiger partial charge in [-0.15, -0.1) is 0 Å². The number of aryl methyl sites for hydroxylation is 1. The van der Waals surface area contributed by atoms with Crippen LogP contribution in [0, 0.1) is 6.92 Å². The lowest BCUT2D eigenvalue weighted by Crippen LogP contribution is -1.97. The topological polar surface area (TPSA) is 0 Å². The van der Waals surface area contributed by atoms with Gasteiger partial charge >= 0.3 is 0 Å². The summed E-state index contributed by atoms with van der Waals surface area (Å²) in [6, 6.07) is 12.6. The molecule has 0 aliphatic heterocycles. The van der Waals surface area contributed by atoms with Crippen molar-refractivity contribution < 1.29 is 0 Å². The molecule has 0 aromatic heterocycles. The molecule has 0 radical (unpaired) electrons. The number of halogens is 2. The summed E-state index contributed by atoms with van der Waals surface area (Å²) >= 11 is 9.57. The number of hydrogen-bond donors (Lipinski definition) is 0. The van der Waals surface area contributed by atoms with Gasteiger partial charge in [-0.2, -0.15) is 0 Å². The third-order valence-corrected chi connectivity index (χ3v) is 4.75. The van der Waals surface area contributed by atoms with Crippen molar-refractivity contribution in [3.05, 3.63) is 42.0 Å². The fourth-order valence-electron chi connectivity index (χ4n) is 1.58. The van der Waals surface area contributed by atoms with Crippen LogP contribution in [0.2, 0.25) is 0 Å². The SMILES string of the molecule is Cc1ccc(P(Cl)Br)c2ccccc12. The van der Waals surface area contributed by atoms with Crippen LogP contribution in [0.3, 0.4) is 0 Å². The van der Waals surface area contributed by atoms with Crippen molar-refractivity contribution in [3.8, 4) is 0 Å². The summed E-state index contributed by atoms with van der Waals surface area (Å²) in [7, 11) is 0. The number of fused-ring (bicyclic) bond motifs is 1. The van der Waals surface area contributed by atoms with Crippen molar-refractivity contribution in [1.29, 1.82) is 0 Å². The lowest BCUT2D eigenvalue weighted by atomic mass is 10.1. The first kappa shape index (κ1) is 10.4. The van der Waals surface area contributed by atoms with E-state index < -0.39 is 5.98 Å². The van der Waals surface area contributed by atoms with Crippen molar-refractivity contribution >= 4 is 48.8 Å². The second kappa shape index (κ2) is 4.18. The van der Waals surface area contributed by atoms with Crippen LogP contribution in [0.4, 0.5) is 0 Å². The zero-order valence-electron chi connectivity index (χ0n) is 7.67. The first-order valence-electron chi connectivity index (χ1n) is 4.30. The minimum atomic E-state index is -0.723. The Kier molecular flexibility index (Phi) is 3.11. The zero-order chi connectivity index (χ0) is 10.1. The Morgan fingerprint density at radius 3 is 2.36 bits per heavy atom. The van der Waals surface area contributed by atoms with Crippen LogP contribution in [0.1, 0.15) is 5.56 Å². The highest BCUT2D eigenvalue weighted by atomic mass is 79.9. The molecule has 2 aromatic carbocycles. The number of hydrogen-bond acceptors (Lipinski definition) is 0. The minimum absolute atomic E-state index is 0.723. The van der Waals surface area contributed by atoms with E-state index in [1.807, 2.05) is 6.07 Å². The van der Waals surface area contributed by atoms with Crippen molar-refractivity contribution in [2.75, 3.05) is 0 Å². The molecule has 0 aliphatic carbocycles. The van der Waals surface area contributed by atoms with Crippen molar-refractivity contribution in [1.82, 2.24) is 0 Å². The van der Waals surface area contributed by atoms with E-state index in [4.69, 9.17) is 11.2 Å². The number of rotatable bonds is 1. The van der Waals surface area contributed by atoms with E-state index in [0.29, 0.717) is 0 Å². The predicted molar refractivity (Wildman–Crippen MR) is 70.0 cm³/mol. The Labute approximate surface area is 97.6 Å². The highest BCUT2D eigenvalue weighted by molar-refractivity contribution is 9.42. The van der Waals surface area contributed by atoms with Crippen molar-refractivity contribution in [3.63, 3.8) is 0 Å². The largest absolute Gasteiger partial charge is 0.0915 e. The molecule has 14 heavy (non-hydrogen) atoms. The molecule has 1 atom stereocenters. The molecule has 0 fully saturated rings. The Morgan fingerprint density at radius 1 is 1.07 bits per heavy atom. The first-order valence-corrected chi connectivity index (χ1v) is 8.57. The maximum absolute atomic E-state index is 6.12. The molecule has 2 aromatic rings. The molecule has 2 rings (SSSR count). The van der Waals surface area contributed by atoms with E-state index >= 15 is 0 Å². The molecule has 3 heteroatoms. The zero-order valence-corrected chi connectivity index (χ0v) is 10.9. The monoisotopic (exact) mass is 286 g/mol. The third kappa shape index (κ3) is 1.82. The smallest absolute Gasteiger partial charge is 0.0781 e. The second-order valence-electron chi connectivity index (χ2n) is 3.18. The van der Waals surface area contributed by atoms with Gasteiger partial charge in [0.15, 0.2) is 0 Å². The highest BCUT2D eigenvalue weighted by Crippen LogP contribution is 2.49. The van der Waals surface area contributed by atoms with Crippen molar-refractivity contribution in [2.45, 2.75) is 6.92 Å². The molecule has 0 spiro atoms. The van der Waals surface area contributed by atoms with E-state index in [9.17, 15) is 0 Å². The van der Waals surface area contributed by atoms with Crippen LogP contribution in [-0.2, 0) is 0 Å². The van der Waals surface area contributed by atoms with Crippen LogP contribution >= 0.6 is 32.7 Å². The summed E-state index contributed by atoms with van der Waals surface area (Å²) in [5.74, 6) is -0.723. The quantitative estimate of drug-likeness (QED) is 0.666. The van der Waals surface area contributed by atoms with Crippen LogP contribution in [0.15, 0.2) is 36.4 Å². The lowest BCUT2D eigenvalue weighted by molar-refractivity contribution is 1.54. The summed E-state index contributed by atoms with van der Waals surface area (Å²) in [5.41, 5.74) is 1.30. The van der Waals surface area contributed by atoms with Gasteiger partial charge in [-0.05, 0) is 38.7 Å². The number of benzene rings is 2. The van der Waals surface area contributed by atoms with E-state index in [1.165, 1.54) is 21.6 Å². The van der Waals surface area contributed by atoms with Gasteiger partial charge in [0.05, 0.1) is 5.98 Å². The molecule has 0 N–H and O–H groups in total. The summed E-state index contributed by atoms with van der Waals surface area (Å²) < 4.78 is 0. The van der Waals surface area contributed by atoms with Crippen LogP contribution in [-0.4, -0.2) is 0 Å². The molecule has 0 amide bonds. The third-order valence-electron chi connectivity index (χ3n) is 2.30. The van der Waals surface area contributed by atoms with E-state index in [1.54, 1.807) is 0 Å². The van der Waals surface area contributed by atoms with Gasteiger partial charge in [0, 0.05) is 5.30 Å². The Morgan fingerprint density at radius 2 is 1.71 bits per heavy atom. The molecule has 0 aliphatic rings. The molecular weight excluding hydrogens is 278 g/mol. The first-order chi connectivity index (χ1) is 6.70. The summed E-state index contributed by atoms with van der Waals surface area (Å²) in [5, 5.41) is 3.74. The van der Waals surface area contributed by atoms with Crippen LogP contribution < -0.4 is 5.30 Å². The molecule has 0 heterocycles. The van der Waals surface area contributed by atoms with Gasteiger partial charge in [0.2, 0.25) is 0 Å². The predicted octanol–water partition coefficient (Wildman–Crippen LogP) is 4.72. The standard InChI is InChI=1S/C11H9BrClP/c1-8-6-7-11(14(12)13)10-5-3-2-4-9(8)10/h2-7H,1H3. The molecule has 1 unspecified atom stereocenters. The summed E-state index contributed by atoms with van der Waals surface area (Å²) in [6.45, 7) is 2.12. The Balaban J connectivity index is 2.82. The van der Waals surface area contributed by atoms with Gasteiger partial charge in [-0.3, -0.25) is 0 Å². The fourth-order valence-corrected chi connectivity index (χ4v) is 3.52. The molecule has 0 saturated heterocycles. The van der Waals surface area contributed by atoms with Gasteiger partial charge in [-0.1, -0.05) is 47.6 Å². The second-order valence-corrected chi connectivity index (χ2v) is 8.49. The molecule has 0 nitrogen and oxygen atoms in total. The van der Waals surface area contributed by atoms with Gasteiger partial charge < -0.3 is 0 Å².